The van der Waals surface area contributed by atoms with Crippen LogP contribution >= 0.6 is 0 Å². The minimum absolute atomic E-state index is 0.0941. The summed E-state index contributed by atoms with van der Waals surface area (Å²) in [5.41, 5.74) is 1.32. The van der Waals surface area contributed by atoms with Gasteiger partial charge in [0.15, 0.2) is 18.1 Å². The summed E-state index contributed by atoms with van der Waals surface area (Å²) in [4.78, 5) is 23.9. The highest BCUT2D eigenvalue weighted by Gasteiger charge is 2.16. The van der Waals surface area contributed by atoms with E-state index >= 15 is 0 Å². The third-order valence-corrected chi connectivity index (χ3v) is 3.89. The zero-order valence-electron chi connectivity index (χ0n) is 16.1. The maximum absolute atomic E-state index is 13.5. The van der Waals surface area contributed by atoms with Crippen molar-refractivity contribution in [1.82, 2.24) is 0 Å². The molecule has 0 aliphatic carbocycles. The molecule has 2 rings (SSSR count). The van der Waals surface area contributed by atoms with Crippen molar-refractivity contribution in [2.45, 2.75) is 13.3 Å². The molecule has 0 atom stereocenters. The highest BCUT2D eigenvalue weighted by atomic mass is 19.1. The van der Waals surface area contributed by atoms with Gasteiger partial charge < -0.3 is 24.3 Å². The van der Waals surface area contributed by atoms with Gasteiger partial charge >= 0.3 is 5.97 Å². The van der Waals surface area contributed by atoms with Crippen molar-refractivity contribution in [2.75, 3.05) is 33.3 Å². The molecular weight excluding hydrogens is 369 g/mol. The molecule has 0 bridgehead atoms. The first kappa shape index (κ1) is 21.0. The Balaban J connectivity index is 1.94. The molecule has 1 N–H and O–H groups in total. The number of benzene rings is 2. The number of esters is 1. The maximum Gasteiger partial charge on any atom is 0.310 e. The van der Waals surface area contributed by atoms with Gasteiger partial charge in [-0.15, -0.1) is 0 Å². The summed E-state index contributed by atoms with van der Waals surface area (Å²) >= 11 is 0. The third kappa shape index (κ3) is 5.35. The SMILES string of the molecule is COc1cc(CC(=O)OCC(=O)Nc2ccc(C)c(F)c2)cc(OC)c1OC. The highest BCUT2D eigenvalue weighted by molar-refractivity contribution is 5.92. The van der Waals surface area contributed by atoms with E-state index in [1.54, 1.807) is 31.2 Å². The van der Waals surface area contributed by atoms with Gasteiger partial charge in [0.1, 0.15) is 5.82 Å². The predicted molar refractivity (Wildman–Crippen MR) is 101 cm³/mol. The van der Waals surface area contributed by atoms with Crippen molar-refractivity contribution in [1.29, 1.82) is 0 Å². The summed E-state index contributed by atoms with van der Waals surface area (Å²) in [7, 11) is 4.42. The lowest BCUT2D eigenvalue weighted by Gasteiger charge is -2.14. The Morgan fingerprint density at radius 2 is 1.64 bits per heavy atom. The number of rotatable bonds is 8. The molecule has 0 heterocycles. The predicted octanol–water partition coefficient (Wildman–Crippen LogP) is 2.88. The second-order valence-corrected chi connectivity index (χ2v) is 5.88. The van der Waals surface area contributed by atoms with E-state index in [2.05, 4.69) is 5.32 Å². The second kappa shape index (κ2) is 9.59. The van der Waals surface area contributed by atoms with Crippen LogP contribution in [0.25, 0.3) is 0 Å². The first-order chi connectivity index (χ1) is 13.4. The lowest BCUT2D eigenvalue weighted by Crippen LogP contribution is -2.21. The lowest BCUT2D eigenvalue weighted by molar-refractivity contribution is -0.146. The van der Waals surface area contributed by atoms with Gasteiger partial charge in [0, 0.05) is 5.69 Å². The molecule has 0 saturated heterocycles. The van der Waals surface area contributed by atoms with Crippen LogP contribution < -0.4 is 19.5 Å². The highest BCUT2D eigenvalue weighted by Crippen LogP contribution is 2.38. The molecule has 28 heavy (non-hydrogen) atoms. The average molecular weight is 391 g/mol. The quantitative estimate of drug-likeness (QED) is 0.697. The van der Waals surface area contributed by atoms with Crippen LogP contribution in [-0.4, -0.2) is 39.8 Å². The number of hydrogen-bond donors (Lipinski definition) is 1. The molecule has 0 aromatic heterocycles. The fourth-order valence-corrected chi connectivity index (χ4v) is 2.47. The summed E-state index contributed by atoms with van der Waals surface area (Å²) in [5, 5.41) is 2.47. The number of anilines is 1. The summed E-state index contributed by atoms with van der Waals surface area (Å²) in [5.74, 6) is -0.391. The van der Waals surface area contributed by atoms with Crippen molar-refractivity contribution in [3.05, 3.63) is 47.3 Å². The molecule has 0 aliphatic heterocycles. The van der Waals surface area contributed by atoms with E-state index in [1.165, 1.54) is 27.4 Å². The summed E-state index contributed by atoms with van der Waals surface area (Å²) < 4.78 is 34.2. The van der Waals surface area contributed by atoms with Gasteiger partial charge in [-0.05, 0) is 42.3 Å². The van der Waals surface area contributed by atoms with Gasteiger partial charge in [-0.1, -0.05) is 6.07 Å². The van der Waals surface area contributed by atoms with Crippen LogP contribution in [0.5, 0.6) is 17.2 Å². The Morgan fingerprint density at radius 3 is 2.18 bits per heavy atom. The van der Waals surface area contributed by atoms with Crippen molar-refractivity contribution in [3.8, 4) is 17.2 Å². The molecule has 7 nitrogen and oxygen atoms in total. The number of hydrogen-bond acceptors (Lipinski definition) is 6. The van der Waals surface area contributed by atoms with Crippen LogP contribution in [0.4, 0.5) is 10.1 Å². The van der Waals surface area contributed by atoms with Crippen LogP contribution in [0, 0.1) is 12.7 Å². The number of carbonyl (C=O) groups is 2. The van der Waals surface area contributed by atoms with Crippen molar-refractivity contribution < 1.29 is 32.9 Å². The molecule has 0 spiro atoms. The van der Waals surface area contributed by atoms with Crippen LogP contribution in [0.1, 0.15) is 11.1 Å². The Bertz CT molecular complexity index is 843. The van der Waals surface area contributed by atoms with Crippen molar-refractivity contribution >= 4 is 17.6 Å². The summed E-state index contributed by atoms with van der Waals surface area (Å²) in [6.45, 7) is 1.13. The first-order valence-electron chi connectivity index (χ1n) is 8.38. The monoisotopic (exact) mass is 391 g/mol. The molecular formula is C20H22FNO6. The zero-order chi connectivity index (χ0) is 20.7. The molecule has 2 aromatic rings. The normalized spacial score (nSPS) is 10.2. The standard InChI is InChI=1S/C20H22FNO6/c1-12-5-6-14(10-15(12)21)22-18(23)11-28-19(24)9-13-7-16(25-2)20(27-4)17(8-13)26-3/h5-8,10H,9,11H2,1-4H3,(H,22,23). The Hall–Kier alpha value is -3.29. The number of halogens is 1. The van der Waals surface area contributed by atoms with Gasteiger partial charge in [0.05, 0.1) is 27.8 Å². The molecule has 1 amide bonds. The molecule has 0 aliphatic rings. The van der Waals surface area contributed by atoms with E-state index in [0.29, 0.717) is 28.4 Å². The molecule has 8 heteroatoms. The van der Waals surface area contributed by atoms with Crippen LogP contribution in [0.15, 0.2) is 30.3 Å². The number of ether oxygens (including phenoxy) is 4. The molecule has 0 fully saturated rings. The van der Waals surface area contributed by atoms with E-state index in [0.717, 1.165) is 0 Å². The van der Waals surface area contributed by atoms with Crippen molar-refractivity contribution in [2.24, 2.45) is 0 Å². The number of methoxy groups -OCH3 is 3. The van der Waals surface area contributed by atoms with Crippen molar-refractivity contribution in [3.63, 3.8) is 0 Å². The zero-order valence-corrected chi connectivity index (χ0v) is 16.1. The first-order valence-corrected chi connectivity index (χ1v) is 8.38. The fraction of sp³-hybridized carbons (Fsp3) is 0.300. The van der Waals surface area contributed by atoms with Gasteiger partial charge in [-0.2, -0.15) is 0 Å². The topological polar surface area (TPSA) is 83.1 Å². The number of aryl methyl sites for hydroxylation is 1. The second-order valence-electron chi connectivity index (χ2n) is 5.88. The van der Waals surface area contributed by atoms with E-state index < -0.39 is 24.3 Å². The molecule has 150 valence electrons. The molecule has 0 radical (unpaired) electrons. The minimum Gasteiger partial charge on any atom is -0.493 e. The summed E-state index contributed by atoms with van der Waals surface area (Å²) in [6, 6.07) is 7.55. The lowest BCUT2D eigenvalue weighted by atomic mass is 10.1. The molecule has 0 saturated carbocycles. The molecule has 2 aromatic carbocycles. The number of carbonyl (C=O) groups excluding carboxylic acids is 2. The van der Waals surface area contributed by atoms with E-state index in [9.17, 15) is 14.0 Å². The van der Waals surface area contributed by atoms with Gasteiger partial charge in [-0.25, -0.2) is 4.39 Å². The van der Waals surface area contributed by atoms with E-state index in [-0.39, 0.29) is 12.1 Å². The minimum atomic E-state index is -0.612. The smallest absolute Gasteiger partial charge is 0.310 e. The van der Waals surface area contributed by atoms with Crippen LogP contribution in [0.3, 0.4) is 0 Å². The van der Waals surface area contributed by atoms with Gasteiger partial charge in [0.25, 0.3) is 5.91 Å². The van der Waals surface area contributed by atoms with Gasteiger partial charge in [0.2, 0.25) is 5.75 Å². The van der Waals surface area contributed by atoms with E-state index in [4.69, 9.17) is 18.9 Å². The Labute approximate surface area is 162 Å². The largest absolute Gasteiger partial charge is 0.493 e. The van der Waals surface area contributed by atoms with Crippen LogP contribution in [-0.2, 0) is 20.7 Å². The average Bonchev–Trinajstić information content (AvgIpc) is 2.68. The number of nitrogens with one attached hydrogen (secondary N) is 1. The maximum atomic E-state index is 13.5. The third-order valence-electron chi connectivity index (χ3n) is 3.89. The Kier molecular flexibility index (Phi) is 7.20. The molecule has 0 unspecified atom stereocenters. The van der Waals surface area contributed by atoms with Crippen LogP contribution in [0.2, 0.25) is 0 Å². The number of amides is 1. The Morgan fingerprint density at radius 1 is 1.00 bits per heavy atom. The summed E-state index contributed by atoms with van der Waals surface area (Å²) in [6.07, 6.45) is -0.0941. The fourth-order valence-electron chi connectivity index (χ4n) is 2.47. The van der Waals surface area contributed by atoms with Gasteiger partial charge in [-0.3, -0.25) is 9.59 Å². The van der Waals surface area contributed by atoms with E-state index in [1.807, 2.05) is 0 Å².